The Labute approximate surface area is 169 Å². The molecule has 1 aromatic carbocycles. The lowest BCUT2D eigenvalue weighted by atomic mass is 9.80. The van der Waals surface area contributed by atoms with E-state index in [1.165, 1.54) is 35.1 Å². The van der Waals surface area contributed by atoms with Gasteiger partial charge in [0.05, 0.1) is 12.7 Å². The number of rotatable bonds is 1. The van der Waals surface area contributed by atoms with Crippen molar-refractivity contribution >= 4 is 6.03 Å². The topological polar surface area (TPSA) is 44.8 Å². The number of benzene rings is 1. The molecule has 3 aliphatic rings. The molecular formula is C23H35N3O2. The van der Waals surface area contributed by atoms with Crippen molar-refractivity contribution in [3.05, 3.63) is 34.4 Å². The van der Waals surface area contributed by atoms with Gasteiger partial charge >= 0.3 is 6.03 Å². The van der Waals surface area contributed by atoms with Gasteiger partial charge in [0.15, 0.2) is 0 Å². The number of fused-ring (bicyclic) bond motifs is 1. The van der Waals surface area contributed by atoms with Crippen LogP contribution in [0.15, 0.2) is 12.1 Å². The summed E-state index contributed by atoms with van der Waals surface area (Å²) in [5, 5.41) is 3.68. The van der Waals surface area contributed by atoms with Gasteiger partial charge in [0.1, 0.15) is 0 Å². The zero-order valence-electron chi connectivity index (χ0n) is 17.9. The van der Waals surface area contributed by atoms with Crippen molar-refractivity contribution in [3.63, 3.8) is 0 Å². The Balaban J connectivity index is 1.62. The quantitative estimate of drug-likeness (QED) is 0.803. The van der Waals surface area contributed by atoms with Gasteiger partial charge in [0, 0.05) is 32.2 Å². The lowest BCUT2D eigenvalue weighted by molar-refractivity contribution is -0.00975. The van der Waals surface area contributed by atoms with Gasteiger partial charge < -0.3 is 19.9 Å². The zero-order chi connectivity index (χ0) is 19.9. The molecule has 0 bridgehead atoms. The molecule has 154 valence electrons. The van der Waals surface area contributed by atoms with E-state index in [-0.39, 0.29) is 17.6 Å². The van der Waals surface area contributed by atoms with Crippen LogP contribution < -0.4 is 5.32 Å². The van der Waals surface area contributed by atoms with Crippen molar-refractivity contribution in [1.82, 2.24) is 15.1 Å². The Hall–Kier alpha value is -1.59. The summed E-state index contributed by atoms with van der Waals surface area (Å²) >= 11 is 0. The van der Waals surface area contributed by atoms with Gasteiger partial charge in [-0.2, -0.15) is 0 Å². The van der Waals surface area contributed by atoms with E-state index < -0.39 is 0 Å². The minimum absolute atomic E-state index is 0.127. The van der Waals surface area contributed by atoms with Gasteiger partial charge in [-0.15, -0.1) is 0 Å². The molecule has 2 saturated heterocycles. The number of nitrogens with one attached hydrogen (secondary N) is 1. The Morgan fingerprint density at radius 1 is 1.21 bits per heavy atom. The molecule has 4 rings (SSSR count). The van der Waals surface area contributed by atoms with Crippen molar-refractivity contribution in [2.45, 2.75) is 71.1 Å². The first-order valence-corrected chi connectivity index (χ1v) is 10.9. The summed E-state index contributed by atoms with van der Waals surface area (Å²) < 4.78 is 5.61. The van der Waals surface area contributed by atoms with E-state index in [1.54, 1.807) is 0 Å². The number of hydrogen-bond acceptors (Lipinski definition) is 3. The van der Waals surface area contributed by atoms with E-state index in [0.29, 0.717) is 25.7 Å². The molecule has 5 nitrogen and oxygen atoms in total. The van der Waals surface area contributed by atoms with E-state index in [4.69, 9.17) is 4.74 Å². The summed E-state index contributed by atoms with van der Waals surface area (Å²) in [6.45, 7) is 13.6. The molecule has 1 aromatic rings. The maximum absolute atomic E-state index is 13.1. The third kappa shape index (κ3) is 3.92. The minimum atomic E-state index is 0.127. The fraction of sp³-hybridized carbons (Fsp3) is 0.696. The highest BCUT2D eigenvalue weighted by atomic mass is 16.5. The lowest BCUT2D eigenvalue weighted by Gasteiger charge is -2.38. The smallest absolute Gasteiger partial charge is 0.320 e. The molecule has 0 radical (unpaired) electrons. The van der Waals surface area contributed by atoms with Gasteiger partial charge in [-0.3, -0.25) is 0 Å². The minimum Gasteiger partial charge on any atom is -0.375 e. The summed E-state index contributed by atoms with van der Waals surface area (Å²) in [4.78, 5) is 17.2. The number of nitrogens with zero attached hydrogens (tertiary/aromatic N) is 2. The maximum atomic E-state index is 13.1. The van der Waals surface area contributed by atoms with Crippen LogP contribution in [0.5, 0.6) is 0 Å². The molecule has 1 N–H and O–H groups in total. The first kappa shape index (κ1) is 19.7. The second-order valence-corrected chi connectivity index (χ2v) is 9.68. The zero-order valence-corrected chi connectivity index (χ0v) is 17.9. The highest BCUT2D eigenvalue weighted by Gasteiger charge is 2.32. The van der Waals surface area contributed by atoms with E-state index in [0.717, 1.165) is 26.1 Å². The van der Waals surface area contributed by atoms with Crippen LogP contribution in [0.1, 0.15) is 68.8 Å². The first-order chi connectivity index (χ1) is 13.3. The Morgan fingerprint density at radius 3 is 2.71 bits per heavy atom. The van der Waals surface area contributed by atoms with Gasteiger partial charge in [0.25, 0.3) is 0 Å². The van der Waals surface area contributed by atoms with Crippen LogP contribution in [-0.2, 0) is 23.1 Å². The molecule has 2 amide bonds. The standard InChI is InChI=1S/C23H35N3O2/c1-16-14-26(10-11-28-16)22(27)25-9-7-17-12-18(23(2,3)4)13-19(20(17)15-25)21-6-5-8-24-21/h12-13,16,21,24H,5-11,14-15H2,1-4H3/t16-,21-/m0/s1. The Morgan fingerprint density at radius 2 is 2.04 bits per heavy atom. The molecule has 0 aromatic heterocycles. The van der Waals surface area contributed by atoms with E-state index >= 15 is 0 Å². The third-order valence-corrected chi connectivity index (χ3v) is 6.46. The van der Waals surface area contributed by atoms with Crippen LogP contribution in [0.3, 0.4) is 0 Å². The average Bonchev–Trinajstić information content (AvgIpc) is 3.20. The number of hydrogen-bond donors (Lipinski definition) is 1. The number of amides is 2. The predicted molar refractivity (Wildman–Crippen MR) is 112 cm³/mol. The van der Waals surface area contributed by atoms with Crippen molar-refractivity contribution in [2.75, 3.05) is 32.8 Å². The maximum Gasteiger partial charge on any atom is 0.320 e. The SMILES string of the molecule is C[C@H]1CN(C(=O)N2CCc3cc(C(C)(C)C)cc([C@@H]4CCCN4)c3C2)CCO1. The predicted octanol–water partition coefficient (Wildman–Crippen LogP) is 3.61. The summed E-state index contributed by atoms with van der Waals surface area (Å²) in [5.41, 5.74) is 5.80. The molecule has 0 saturated carbocycles. The summed E-state index contributed by atoms with van der Waals surface area (Å²) in [6.07, 6.45) is 3.50. The second-order valence-electron chi connectivity index (χ2n) is 9.68. The van der Waals surface area contributed by atoms with Crippen LogP contribution in [0.2, 0.25) is 0 Å². The van der Waals surface area contributed by atoms with Gasteiger partial charge in [-0.25, -0.2) is 4.79 Å². The summed E-state index contributed by atoms with van der Waals surface area (Å²) in [7, 11) is 0. The van der Waals surface area contributed by atoms with Crippen molar-refractivity contribution in [1.29, 1.82) is 0 Å². The molecule has 5 heteroatoms. The third-order valence-electron chi connectivity index (χ3n) is 6.46. The van der Waals surface area contributed by atoms with Crippen LogP contribution >= 0.6 is 0 Å². The van der Waals surface area contributed by atoms with Gasteiger partial charge in [-0.05, 0) is 60.4 Å². The highest BCUT2D eigenvalue weighted by molar-refractivity contribution is 5.75. The molecule has 28 heavy (non-hydrogen) atoms. The summed E-state index contributed by atoms with van der Waals surface area (Å²) in [6, 6.07) is 5.40. The van der Waals surface area contributed by atoms with Crippen LogP contribution in [0, 0.1) is 0 Å². The summed E-state index contributed by atoms with van der Waals surface area (Å²) in [5.74, 6) is 0. The number of carbonyl (C=O) groups is 1. The number of urea groups is 1. The van der Waals surface area contributed by atoms with Crippen LogP contribution in [0.25, 0.3) is 0 Å². The van der Waals surface area contributed by atoms with Crippen LogP contribution in [0.4, 0.5) is 4.79 Å². The molecular weight excluding hydrogens is 350 g/mol. The van der Waals surface area contributed by atoms with Gasteiger partial charge in [0.2, 0.25) is 0 Å². The molecule has 3 heterocycles. The monoisotopic (exact) mass is 385 g/mol. The molecule has 0 spiro atoms. The van der Waals surface area contributed by atoms with Crippen molar-refractivity contribution in [3.8, 4) is 0 Å². The number of ether oxygens (including phenoxy) is 1. The Kier molecular flexibility index (Phi) is 5.41. The largest absolute Gasteiger partial charge is 0.375 e. The molecule has 0 unspecified atom stereocenters. The Bertz CT molecular complexity index is 734. The fourth-order valence-electron chi connectivity index (χ4n) is 4.75. The average molecular weight is 386 g/mol. The number of morpholine rings is 1. The second kappa shape index (κ2) is 7.68. The molecule has 3 aliphatic heterocycles. The van der Waals surface area contributed by atoms with Gasteiger partial charge in [-0.1, -0.05) is 32.9 Å². The molecule has 2 fully saturated rings. The number of carbonyl (C=O) groups excluding carboxylic acids is 1. The fourth-order valence-corrected chi connectivity index (χ4v) is 4.75. The van der Waals surface area contributed by atoms with Crippen LogP contribution in [-0.4, -0.2) is 54.7 Å². The normalized spacial score (nSPS) is 25.7. The molecule has 0 aliphatic carbocycles. The highest BCUT2D eigenvalue weighted by Crippen LogP contribution is 2.36. The van der Waals surface area contributed by atoms with E-state index in [9.17, 15) is 4.79 Å². The van der Waals surface area contributed by atoms with E-state index in [1.807, 2.05) is 11.8 Å². The van der Waals surface area contributed by atoms with Crippen molar-refractivity contribution < 1.29 is 9.53 Å². The lowest BCUT2D eigenvalue weighted by Crippen LogP contribution is -2.51. The molecule has 2 atom stereocenters. The van der Waals surface area contributed by atoms with Crippen molar-refractivity contribution in [2.24, 2.45) is 0 Å². The van der Waals surface area contributed by atoms with E-state index in [2.05, 4.69) is 43.1 Å². The first-order valence-electron chi connectivity index (χ1n) is 10.9.